The second kappa shape index (κ2) is 5.18. The Morgan fingerprint density at radius 3 is 2.54 bits per heavy atom. The topological polar surface area (TPSA) is 89.3 Å². The molecule has 1 radical (unpaired) electrons. The number of amides is 1. The minimum absolute atomic E-state index is 0.00764. The lowest BCUT2D eigenvalue weighted by molar-refractivity contribution is -0.118. The first-order valence-electron chi connectivity index (χ1n) is 3.87. The van der Waals surface area contributed by atoms with E-state index in [4.69, 9.17) is 5.73 Å². The van der Waals surface area contributed by atoms with Crippen LogP contribution in [-0.2, 0) is 14.8 Å². The molecule has 0 fully saturated rings. The molecule has 0 unspecified atom stereocenters. The lowest BCUT2D eigenvalue weighted by Crippen LogP contribution is -2.25. The molecule has 1 atom stereocenters. The van der Waals surface area contributed by atoms with Crippen LogP contribution in [0.15, 0.2) is 0 Å². The van der Waals surface area contributed by atoms with Crippen LogP contribution in [0.4, 0.5) is 0 Å². The number of hydrogen-bond acceptors (Lipinski definition) is 3. The number of nitrogens with one attached hydrogen (secondary N) is 1. The van der Waals surface area contributed by atoms with Gasteiger partial charge in [-0.2, -0.15) is 0 Å². The van der Waals surface area contributed by atoms with Crippen molar-refractivity contribution in [1.29, 1.82) is 0 Å². The van der Waals surface area contributed by atoms with Crippen LogP contribution in [0.3, 0.4) is 0 Å². The maximum Gasteiger partial charge on any atom is 0.217 e. The molecule has 0 bridgehead atoms. The molecule has 6 heteroatoms. The maximum absolute atomic E-state index is 10.6. The molecule has 0 rings (SSSR count). The van der Waals surface area contributed by atoms with Crippen LogP contribution in [0, 0.1) is 12.3 Å². The van der Waals surface area contributed by atoms with Crippen LogP contribution in [0.2, 0.25) is 0 Å². The largest absolute Gasteiger partial charge is 0.370 e. The molecule has 3 N–H and O–H groups in total. The van der Waals surface area contributed by atoms with Crippen molar-refractivity contribution >= 4 is 15.9 Å². The van der Waals surface area contributed by atoms with Gasteiger partial charge in [0.05, 0.1) is 6.26 Å². The molecule has 1 amide bonds. The van der Waals surface area contributed by atoms with Crippen LogP contribution < -0.4 is 10.5 Å². The van der Waals surface area contributed by atoms with Crippen molar-refractivity contribution in [1.82, 2.24) is 4.72 Å². The van der Waals surface area contributed by atoms with Gasteiger partial charge in [0.15, 0.2) is 0 Å². The van der Waals surface area contributed by atoms with E-state index in [1.165, 1.54) is 0 Å². The van der Waals surface area contributed by atoms with Gasteiger partial charge in [0.2, 0.25) is 15.9 Å². The fourth-order valence-electron chi connectivity index (χ4n) is 0.801. The van der Waals surface area contributed by atoms with Crippen LogP contribution >= 0.6 is 0 Å². The maximum atomic E-state index is 10.6. The monoisotopic (exact) mass is 207 g/mol. The fourth-order valence-corrected chi connectivity index (χ4v) is 1.20. The number of nitrogens with two attached hydrogens (primary N) is 1. The van der Waals surface area contributed by atoms with E-state index in [-0.39, 0.29) is 24.8 Å². The van der Waals surface area contributed by atoms with Gasteiger partial charge in [-0.3, -0.25) is 4.79 Å². The molecule has 13 heavy (non-hydrogen) atoms. The number of sulfonamides is 1. The second-order valence-corrected chi connectivity index (χ2v) is 4.84. The van der Waals surface area contributed by atoms with Crippen LogP contribution in [-0.4, -0.2) is 27.1 Å². The van der Waals surface area contributed by atoms with Gasteiger partial charge in [-0.25, -0.2) is 13.1 Å². The third-order valence-electron chi connectivity index (χ3n) is 1.39. The van der Waals surface area contributed by atoms with Crippen LogP contribution in [0.5, 0.6) is 0 Å². The summed E-state index contributed by atoms with van der Waals surface area (Å²) in [6.07, 6.45) is 3.02. The van der Waals surface area contributed by atoms with Gasteiger partial charge >= 0.3 is 0 Å². The van der Waals surface area contributed by atoms with Crippen molar-refractivity contribution in [3.63, 3.8) is 0 Å². The zero-order valence-corrected chi connectivity index (χ0v) is 8.60. The second-order valence-electron chi connectivity index (χ2n) is 3.00. The first-order valence-corrected chi connectivity index (χ1v) is 5.76. The van der Waals surface area contributed by atoms with Crippen LogP contribution in [0.1, 0.15) is 13.3 Å². The molecule has 5 nitrogen and oxygen atoms in total. The fraction of sp³-hybridized carbons (Fsp3) is 0.714. The molecule has 0 aliphatic rings. The van der Waals surface area contributed by atoms with Gasteiger partial charge in [-0.05, 0) is 12.3 Å². The molecular weight excluding hydrogens is 192 g/mol. The quantitative estimate of drug-likeness (QED) is 0.600. The van der Waals surface area contributed by atoms with Crippen LogP contribution in [0.25, 0.3) is 0 Å². The van der Waals surface area contributed by atoms with Gasteiger partial charge < -0.3 is 5.73 Å². The number of primary amides is 1. The highest BCUT2D eigenvalue weighted by molar-refractivity contribution is 7.88. The molecule has 0 aromatic carbocycles. The lowest BCUT2D eigenvalue weighted by Gasteiger charge is -2.07. The Morgan fingerprint density at radius 1 is 1.62 bits per heavy atom. The summed E-state index contributed by atoms with van der Waals surface area (Å²) in [5.74, 6) is -0.394. The molecule has 0 aromatic heterocycles. The van der Waals surface area contributed by atoms with Crippen molar-refractivity contribution in [2.24, 2.45) is 11.7 Å². The summed E-state index contributed by atoms with van der Waals surface area (Å²) < 4.78 is 23.5. The molecule has 0 heterocycles. The van der Waals surface area contributed by atoms with E-state index >= 15 is 0 Å². The van der Waals surface area contributed by atoms with E-state index in [0.717, 1.165) is 6.26 Å². The average Bonchev–Trinajstić information content (AvgIpc) is 1.81. The standard InChI is InChI=1S/C7H15N2O3S/c1-6(5-7(8)10)3-4-9-13(2,11)12/h3,6,9H,4-5H2,1-2H3,(H2,8,10)/t6-/m0/s1. The lowest BCUT2D eigenvalue weighted by atomic mass is 10.0. The summed E-state index contributed by atoms with van der Waals surface area (Å²) in [5.41, 5.74) is 4.95. The Labute approximate surface area is 78.7 Å². The Balaban J connectivity index is 3.60. The molecular formula is C7H15N2O3S. The highest BCUT2D eigenvalue weighted by Crippen LogP contribution is 2.03. The number of carbonyl (C=O) groups is 1. The van der Waals surface area contributed by atoms with Crippen molar-refractivity contribution in [3.8, 4) is 0 Å². The normalized spacial score (nSPS) is 14.0. The minimum Gasteiger partial charge on any atom is -0.370 e. The zero-order chi connectivity index (χ0) is 10.5. The predicted molar refractivity (Wildman–Crippen MR) is 50.1 cm³/mol. The number of rotatable bonds is 6. The summed E-state index contributed by atoms with van der Waals surface area (Å²) in [4.78, 5) is 10.4. The average molecular weight is 207 g/mol. The number of carbonyl (C=O) groups excluding carboxylic acids is 1. The van der Waals surface area contributed by atoms with Gasteiger partial charge in [-0.1, -0.05) is 6.92 Å². The zero-order valence-electron chi connectivity index (χ0n) is 7.78. The first-order chi connectivity index (χ1) is 5.81. The van der Waals surface area contributed by atoms with E-state index in [1.807, 2.05) is 0 Å². The van der Waals surface area contributed by atoms with Gasteiger partial charge in [0.25, 0.3) is 0 Å². The van der Waals surface area contributed by atoms with E-state index in [9.17, 15) is 13.2 Å². The molecule has 0 saturated carbocycles. The van der Waals surface area contributed by atoms with Gasteiger partial charge in [-0.15, -0.1) is 0 Å². The predicted octanol–water partition coefficient (Wildman–Crippen LogP) is -0.749. The Bertz CT molecular complexity index is 261. The van der Waals surface area contributed by atoms with E-state index in [1.54, 1.807) is 13.3 Å². The van der Waals surface area contributed by atoms with E-state index < -0.39 is 10.0 Å². The van der Waals surface area contributed by atoms with Crippen molar-refractivity contribution in [2.45, 2.75) is 13.3 Å². The molecule has 0 spiro atoms. The third kappa shape index (κ3) is 9.29. The Hall–Kier alpha value is -0.620. The number of hydrogen-bond donors (Lipinski definition) is 2. The minimum atomic E-state index is -3.15. The summed E-state index contributed by atoms with van der Waals surface area (Å²) in [7, 11) is -3.15. The highest BCUT2D eigenvalue weighted by atomic mass is 32.2. The van der Waals surface area contributed by atoms with E-state index in [2.05, 4.69) is 4.72 Å². The summed E-state index contributed by atoms with van der Waals surface area (Å²) in [6.45, 7) is 2.03. The van der Waals surface area contributed by atoms with Gasteiger partial charge in [0.1, 0.15) is 0 Å². The van der Waals surface area contributed by atoms with E-state index in [0.29, 0.717) is 0 Å². The van der Waals surface area contributed by atoms with Crippen molar-refractivity contribution in [2.75, 3.05) is 12.8 Å². The summed E-state index contributed by atoms with van der Waals surface area (Å²) in [6, 6.07) is 0. The molecule has 77 valence electrons. The molecule has 0 aliphatic heterocycles. The smallest absolute Gasteiger partial charge is 0.217 e. The molecule has 0 saturated heterocycles. The molecule has 0 aliphatic carbocycles. The van der Waals surface area contributed by atoms with Crippen molar-refractivity contribution < 1.29 is 13.2 Å². The summed E-state index contributed by atoms with van der Waals surface area (Å²) in [5, 5.41) is 0. The Kier molecular flexibility index (Phi) is 4.94. The first kappa shape index (κ1) is 12.4. The highest BCUT2D eigenvalue weighted by Gasteiger charge is 2.07. The van der Waals surface area contributed by atoms with Gasteiger partial charge in [0, 0.05) is 13.0 Å². The SMILES string of the molecule is C[C@@H]([CH]CNS(C)(=O)=O)CC(N)=O. The van der Waals surface area contributed by atoms with Crippen molar-refractivity contribution in [3.05, 3.63) is 6.42 Å². The summed E-state index contributed by atoms with van der Waals surface area (Å²) >= 11 is 0. The molecule has 0 aromatic rings. The Morgan fingerprint density at radius 2 is 2.15 bits per heavy atom. The third-order valence-corrected chi connectivity index (χ3v) is 2.08.